The fourth-order valence-electron chi connectivity index (χ4n) is 2.83. The van der Waals surface area contributed by atoms with Gasteiger partial charge in [0.15, 0.2) is 12.1 Å². The Hall–Kier alpha value is -0.700. The number of carbonyl (C=O) groups excluding carboxylic acids is 1. The molecule has 0 bridgehead atoms. The Labute approximate surface area is 104 Å². The minimum atomic E-state index is -0.220. The van der Waals surface area contributed by atoms with E-state index in [1.54, 1.807) is 4.58 Å². The van der Waals surface area contributed by atoms with Crippen LogP contribution in [0.2, 0.25) is 0 Å². The van der Waals surface area contributed by atoms with Crippen molar-refractivity contribution in [2.24, 2.45) is 5.41 Å². The van der Waals surface area contributed by atoms with Gasteiger partial charge in [0.25, 0.3) is 0 Å². The lowest BCUT2D eigenvalue weighted by molar-refractivity contribution is -0.491. The van der Waals surface area contributed by atoms with Crippen molar-refractivity contribution in [3.8, 4) is 0 Å². The van der Waals surface area contributed by atoms with Crippen molar-refractivity contribution < 1.29 is 14.1 Å². The molecule has 0 aromatic carbocycles. The van der Waals surface area contributed by atoms with Crippen molar-refractivity contribution in [2.45, 2.75) is 64.5 Å². The van der Waals surface area contributed by atoms with Crippen LogP contribution < -0.4 is 0 Å². The smallest absolute Gasteiger partial charge is 0.363 e. The van der Waals surface area contributed by atoms with E-state index in [-0.39, 0.29) is 12.0 Å². The van der Waals surface area contributed by atoms with Crippen LogP contribution in [0.3, 0.4) is 0 Å². The summed E-state index contributed by atoms with van der Waals surface area (Å²) >= 11 is 0. The highest BCUT2D eigenvalue weighted by molar-refractivity contribution is 5.74. The maximum absolute atomic E-state index is 12.1. The van der Waals surface area contributed by atoms with Crippen LogP contribution in [0.1, 0.15) is 52.4 Å². The van der Waals surface area contributed by atoms with Crippen molar-refractivity contribution in [1.82, 2.24) is 0 Å². The average molecular weight is 238 g/mol. The van der Waals surface area contributed by atoms with Crippen molar-refractivity contribution in [2.75, 3.05) is 6.61 Å². The third kappa shape index (κ3) is 2.95. The molecular formula is C14H24NO2+. The van der Waals surface area contributed by atoms with Crippen LogP contribution in [0.4, 0.5) is 0 Å². The lowest BCUT2D eigenvalue weighted by Crippen LogP contribution is -2.40. The summed E-state index contributed by atoms with van der Waals surface area (Å²) in [4.78, 5) is 12.1. The first-order valence-corrected chi connectivity index (χ1v) is 6.75. The Balaban J connectivity index is 1.90. The maximum Gasteiger partial charge on any atom is 0.415 e. The van der Waals surface area contributed by atoms with E-state index in [0.29, 0.717) is 11.5 Å². The molecule has 0 spiro atoms. The van der Waals surface area contributed by atoms with Crippen LogP contribution in [-0.2, 0) is 9.53 Å². The summed E-state index contributed by atoms with van der Waals surface area (Å²) in [7, 11) is 0. The fourth-order valence-corrected chi connectivity index (χ4v) is 2.83. The van der Waals surface area contributed by atoms with E-state index in [9.17, 15) is 4.79 Å². The van der Waals surface area contributed by atoms with Gasteiger partial charge in [0.2, 0.25) is 0 Å². The number of amides is 1. The van der Waals surface area contributed by atoms with Gasteiger partial charge in [0.05, 0.1) is 0 Å². The molecule has 96 valence electrons. The Morgan fingerprint density at radius 2 is 1.94 bits per heavy atom. The molecular weight excluding hydrogens is 214 g/mol. The second-order valence-electron chi connectivity index (χ2n) is 6.21. The summed E-state index contributed by atoms with van der Waals surface area (Å²) in [5.74, 6) is 0.0900. The van der Waals surface area contributed by atoms with Gasteiger partial charge in [0, 0.05) is 19.4 Å². The summed E-state index contributed by atoms with van der Waals surface area (Å²) in [6.07, 6.45) is 6.17. The highest BCUT2D eigenvalue weighted by Crippen LogP contribution is 2.36. The molecule has 1 saturated heterocycles. The molecule has 1 saturated carbocycles. The lowest BCUT2D eigenvalue weighted by Gasteiger charge is -2.32. The zero-order valence-electron chi connectivity index (χ0n) is 11.1. The summed E-state index contributed by atoms with van der Waals surface area (Å²) in [5, 5.41) is 0. The summed E-state index contributed by atoms with van der Waals surface area (Å²) < 4.78 is 7.14. The quantitative estimate of drug-likeness (QED) is 0.546. The molecule has 0 radical (unpaired) electrons. The number of carbonyl (C=O) groups is 1. The van der Waals surface area contributed by atoms with Gasteiger partial charge < -0.3 is 4.74 Å². The van der Waals surface area contributed by atoms with Gasteiger partial charge in [-0.05, 0) is 31.1 Å². The van der Waals surface area contributed by atoms with Crippen molar-refractivity contribution >= 4 is 12.6 Å². The number of hydrogen-bond donors (Lipinski definition) is 0. The fraction of sp³-hybridized carbons (Fsp3) is 0.857. The molecule has 2 fully saturated rings. The molecule has 1 aliphatic heterocycles. The normalized spacial score (nSPS) is 29.2. The van der Waals surface area contributed by atoms with Crippen LogP contribution >= 0.6 is 0 Å². The van der Waals surface area contributed by atoms with Gasteiger partial charge >= 0.3 is 5.91 Å². The SMILES string of the molecule is C=[N+](C(=O)[C@@H]1CCCO1)C1CCC(C)(C)CC1. The lowest BCUT2D eigenvalue weighted by atomic mass is 9.75. The molecule has 3 heteroatoms. The van der Waals surface area contributed by atoms with E-state index < -0.39 is 0 Å². The summed E-state index contributed by atoms with van der Waals surface area (Å²) in [6, 6.07) is 0.319. The van der Waals surface area contributed by atoms with Gasteiger partial charge in [-0.15, -0.1) is 0 Å². The zero-order valence-corrected chi connectivity index (χ0v) is 11.1. The second kappa shape index (κ2) is 4.89. The largest absolute Gasteiger partial charge is 0.415 e. The highest BCUT2D eigenvalue weighted by atomic mass is 16.5. The summed E-state index contributed by atoms with van der Waals surface area (Å²) in [6.45, 7) is 9.29. The van der Waals surface area contributed by atoms with E-state index in [2.05, 4.69) is 20.6 Å². The number of ether oxygens (including phenoxy) is 1. The number of nitrogens with zero attached hydrogens (tertiary/aromatic N) is 1. The molecule has 3 nitrogen and oxygen atoms in total. The zero-order chi connectivity index (χ0) is 12.5. The molecule has 1 heterocycles. The van der Waals surface area contributed by atoms with E-state index >= 15 is 0 Å². The molecule has 2 rings (SSSR count). The number of rotatable bonds is 2. The van der Waals surface area contributed by atoms with E-state index in [0.717, 1.165) is 32.3 Å². The molecule has 17 heavy (non-hydrogen) atoms. The summed E-state index contributed by atoms with van der Waals surface area (Å²) in [5.41, 5.74) is 0.435. The van der Waals surface area contributed by atoms with Crippen LogP contribution in [0, 0.1) is 5.41 Å². The molecule has 0 N–H and O–H groups in total. The molecule has 1 atom stereocenters. The Morgan fingerprint density at radius 1 is 1.29 bits per heavy atom. The maximum atomic E-state index is 12.1. The second-order valence-corrected chi connectivity index (χ2v) is 6.21. The van der Waals surface area contributed by atoms with Gasteiger partial charge in [0.1, 0.15) is 6.72 Å². The van der Waals surface area contributed by atoms with E-state index in [1.165, 1.54) is 12.8 Å². The third-order valence-electron chi connectivity index (χ3n) is 4.24. The molecule has 1 aliphatic carbocycles. The first-order valence-electron chi connectivity index (χ1n) is 6.75. The van der Waals surface area contributed by atoms with Crippen LogP contribution in [0.25, 0.3) is 0 Å². The Bertz CT molecular complexity index is 306. The first-order chi connectivity index (χ1) is 7.99. The topological polar surface area (TPSA) is 29.3 Å². The Morgan fingerprint density at radius 3 is 2.47 bits per heavy atom. The standard InChI is InChI=1S/C14H24NO2/c1-14(2)8-6-11(7-9-14)15(3)13(16)12-5-4-10-17-12/h11-12H,3-10H2,1-2H3/q+1/t12-/m0/s1. The van der Waals surface area contributed by atoms with Gasteiger partial charge in [-0.3, -0.25) is 0 Å². The molecule has 2 aliphatic rings. The molecule has 0 unspecified atom stereocenters. The molecule has 1 amide bonds. The van der Waals surface area contributed by atoms with Crippen LogP contribution in [0.15, 0.2) is 0 Å². The monoisotopic (exact) mass is 238 g/mol. The van der Waals surface area contributed by atoms with Crippen molar-refractivity contribution in [3.05, 3.63) is 0 Å². The average Bonchev–Trinajstić information content (AvgIpc) is 2.80. The van der Waals surface area contributed by atoms with E-state index in [4.69, 9.17) is 4.74 Å². The minimum absolute atomic E-state index is 0.0900. The Kier molecular flexibility index (Phi) is 3.67. The van der Waals surface area contributed by atoms with E-state index in [1.807, 2.05) is 0 Å². The van der Waals surface area contributed by atoms with Crippen LogP contribution in [0.5, 0.6) is 0 Å². The molecule has 0 aromatic heterocycles. The first kappa shape index (κ1) is 12.7. The third-order valence-corrected chi connectivity index (χ3v) is 4.24. The van der Waals surface area contributed by atoms with Crippen LogP contribution in [-0.4, -0.2) is 36.0 Å². The van der Waals surface area contributed by atoms with Gasteiger partial charge in [-0.25, -0.2) is 4.79 Å². The van der Waals surface area contributed by atoms with Gasteiger partial charge in [-0.1, -0.05) is 13.8 Å². The van der Waals surface area contributed by atoms with Gasteiger partial charge in [-0.2, -0.15) is 4.58 Å². The number of hydrogen-bond acceptors (Lipinski definition) is 2. The highest BCUT2D eigenvalue weighted by Gasteiger charge is 2.38. The predicted octanol–water partition coefficient (Wildman–Crippen LogP) is 2.37. The minimum Gasteiger partial charge on any atom is -0.363 e. The van der Waals surface area contributed by atoms with Crippen molar-refractivity contribution in [3.63, 3.8) is 0 Å². The van der Waals surface area contributed by atoms with Crippen molar-refractivity contribution in [1.29, 1.82) is 0 Å². The predicted molar refractivity (Wildman–Crippen MR) is 67.4 cm³/mol. The molecule has 0 aromatic rings.